The van der Waals surface area contributed by atoms with Crippen molar-refractivity contribution in [3.8, 4) is 0 Å². The molecule has 0 bridgehead atoms. The van der Waals surface area contributed by atoms with E-state index in [-0.39, 0.29) is 5.91 Å². The summed E-state index contributed by atoms with van der Waals surface area (Å²) in [5.74, 6) is 0.657. The van der Waals surface area contributed by atoms with Gasteiger partial charge in [0, 0.05) is 6.42 Å². The van der Waals surface area contributed by atoms with Gasteiger partial charge in [0.15, 0.2) is 0 Å². The SMILES string of the molecule is O=C(CCS)NI. The Bertz CT molecular complexity index is 68.0. The zero-order valence-corrected chi connectivity index (χ0v) is 6.70. The third kappa shape index (κ3) is 4.40. The fraction of sp³-hybridized carbons (Fsp3) is 0.667. The highest BCUT2D eigenvalue weighted by Gasteiger charge is 1.91. The largest absolute Gasteiger partial charge is 0.299 e. The van der Waals surface area contributed by atoms with Crippen molar-refractivity contribution in [1.82, 2.24) is 3.53 Å². The maximum absolute atomic E-state index is 10.2. The molecule has 0 aromatic heterocycles. The normalized spacial score (nSPS) is 8.29. The van der Waals surface area contributed by atoms with Gasteiger partial charge in [0.25, 0.3) is 0 Å². The molecule has 0 spiro atoms. The van der Waals surface area contributed by atoms with Crippen LogP contribution in [0.3, 0.4) is 0 Å². The van der Waals surface area contributed by atoms with Gasteiger partial charge in [-0.05, 0) is 5.75 Å². The summed E-state index contributed by atoms with van der Waals surface area (Å²) in [6.45, 7) is 0. The van der Waals surface area contributed by atoms with E-state index in [9.17, 15) is 4.79 Å². The molecule has 0 saturated carbocycles. The molecule has 0 heterocycles. The predicted octanol–water partition coefficient (Wildman–Crippen LogP) is 0.772. The van der Waals surface area contributed by atoms with Crippen LogP contribution in [-0.4, -0.2) is 11.7 Å². The Morgan fingerprint density at radius 1 is 1.86 bits per heavy atom. The van der Waals surface area contributed by atoms with Crippen molar-refractivity contribution in [3.63, 3.8) is 0 Å². The lowest BCUT2D eigenvalue weighted by molar-refractivity contribution is -0.118. The zero-order valence-electron chi connectivity index (χ0n) is 3.65. The highest BCUT2D eigenvalue weighted by molar-refractivity contribution is 14.1. The van der Waals surface area contributed by atoms with E-state index in [0.29, 0.717) is 12.2 Å². The van der Waals surface area contributed by atoms with Crippen LogP contribution in [0.2, 0.25) is 0 Å². The molecule has 4 heteroatoms. The van der Waals surface area contributed by atoms with Gasteiger partial charge in [-0.3, -0.25) is 8.32 Å². The second-order valence-corrected chi connectivity index (χ2v) is 1.98. The molecule has 1 N–H and O–H groups in total. The van der Waals surface area contributed by atoms with Crippen molar-refractivity contribution >= 4 is 41.4 Å². The summed E-state index contributed by atoms with van der Waals surface area (Å²) in [5.41, 5.74) is 0. The van der Waals surface area contributed by atoms with E-state index in [2.05, 4.69) is 16.2 Å². The van der Waals surface area contributed by atoms with Crippen molar-refractivity contribution < 1.29 is 4.79 Å². The predicted molar refractivity (Wildman–Crippen MR) is 40.6 cm³/mol. The van der Waals surface area contributed by atoms with Gasteiger partial charge in [0.2, 0.25) is 5.91 Å². The van der Waals surface area contributed by atoms with Crippen LogP contribution >= 0.6 is 35.5 Å². The van der Waals surface area contributed by atoms with Gasteiger partial charge in [-0.2, -0.15) is 12.6 Å². The van der Waals surface area contributed by atoms with Gasteiger partial charge in [-0.15, -0.1) is 0 Å². The smallest absolute Gasteiger partial charge is 0.229 e. The number of rotatable bonds is 2. The average molecular weight is 231 g/mol. The van der Waals surface area contributed by atoms with E-state index in [0.717, 1.165) is 0 Å². The summed E-state index contributed by atoms with van der Waals surface area (Å²) < 4.78 is 2.45. The molecule has 2 nitrogen and oxygen atoms in total. The first-order valence-electron chi connectivity index (χ1n) is 1.81. The van der Waals surface area contributed by atoms with Crippen LogP contribution in [0.15, 0.2) is 0 Å². The molecule has 0 atom stereocenters. The first-order valence-corrected chi connectivity index (χ1v) is 3.52. The first-order chi connectivity index (χ1) is 3.31. The molecule has 0 aliphatic carbocycles. The maximum Gasteiger partial charge on any atom is 0.229 e. The van der Waals surface area contributed by atoms with Gasteiger partial charge < -0.3 is 0 Å². The van der Waals surface area contributed by atoms with E-state index in [1.54, 1.807) is 22.9 Å². The first kappa shape index (κ1) is 7.55. The molecule has 0 rings (SSSR count). The van der Waals surface area contributed by atoms with Gasteiger partial charge >= 0.3 is 0 Å². The Kier molecular flexibility index (Phi) is 5.07. The number of halogens is 1. The van der Waals surface area contributed by atoms with Crippen LogP contribution in [0, 0.1) is 0 Å². The monoisotopic (exact) mass is 231 g/mol. The van der Waals surface area contributed by atoms with Gasteiger partial charge in [0.05, 0.1) is 22.9 Å². The summed E-state index contributed by atoms with van der Waals surface area (Å²) in [7, 11) is 0. The number of hydrogen-bond acceptors (Lipinski definition) is 2. The number of hydrogen-bond donors (Lipinski definition) is 2. The topological polar surface area (TPSA) is 29.1 Å². The molecule has 7 heavy (non-hydrogen) atoms. The summed E-state index contributed by atoms with van der Waals surface area (Å²) >= 11 is 5.65. The third-order valence-electron chi connectivity index (χ3n) is 0.444. The minimum Gasteiger partial charge on any atom is -0.299 e. The molecule has 0 aliphatic rings. The molecule has 0 aliphatic heterocycles. The molecular weight excluding hydrogens is 225 g/mol. The van der Waals surface area contributed by atoms with Crippen LogP contribution < -0.4 is 3.53 Å². The lowest BCUT2D eigenvalue weighted by Gasteiger charge is -1.88. The highest BCUT2D eigenvalue weighted by atomic mass is 127. The second-order valence-electron chi connectivity index (χ2n) is 0.991. The van der Waals surface area contributed by atoms with Crippen molar-refractivity contribution in [2.75, 3.05) is 5.75 Å². The number of nitrogens with one attached hydrogen (secondary N) is 1. The average Bonchev–Trinajstić information content (AvgIpc) is 1.68. The number of carbonyl (C=O) groups is 1. The maximum atomic E-state index is 10.2. The van der Waals surface area contributed by atoms with E-state index >= 15 is 0 Å². The molecule has 1 amide bonds. The van der Waals surface area contributed by atoms with Crippen LogP contribution in [0.4, 0.5) is 0 Å². The molecule has 0 aromatic carbocycles. The van der Waals surface area contributed by atoms with Crippen molar-refractivity contribution in [2.45, 2.75) is 6.42 Å². The van der Waals surface area contributed by atoms with E-state index < -0.39 is 0 Å². The fourth-order valence-electron chi connectivity index (χ4n) is 0.149. The van der Waals surface area contributed by atoms with E-state index in [1.807, 2.05) is 0 Å². The Labute approximate surface area is 62.0 Å². The second kappa shape index (κ2) is 4.70. The molecular formula is C3H6INOS. The Balaban J connectivity index is 3.00. The Morgan fingerprint density at radius 2 is 2.43 bits per heavy atom. The van der Waals surface area contributed by atoms with Gasteiger partial charge in [-0.1, -0.05) is 0 Å². The molecule has 0 unspecified atom stereocenters. The fourth-order valence-corrected chi connectivity index (χ4v) is 0.622. The lowest BCUT2D eigenvalue weighted by Crippen LogP contribution is -2.10. The molecule has 0 fully saturated rings. The van der Waals surface area contributed by atoms with Crippen LogP contribution in [0.1, 0.15) is 6.42 Å². The van der Waals surface area contributed by atoms with Crippen molar-refractivity contribution in [2.24, 2.45) is 0 Å². The standard InChI is InChI=1S/C3H6INOS/c4-5-3(6)1-2-7/h7H,1-2H2,(H,5,6). The zero-order chi connectivity index (χ0) is 5.70. The lowest BCUT2D eigenvalue weighted by atomic mass is 10.5. The minimum atomic E-state index is 0.0376. The van der Waals surface area contributed by atoms with Crippen LogP contribution in [0.25, 0.3) is 0 Å². The van der Waals surface area contributed by atoms with E-state index in [4.69, 9.17) is 0 Å². The third-order valence-corrected chi connectivity index (χ3v) is 1.27. The minimum absolute atomic E-state index is 0.0376. The number of amides is 1. The van der Waals surface area contributed by atoms with Crippen LogP contribution in [-0.2, 0) is 4.79 Å². The molecule has 42 valence electrons. The highest BCUT2D eigenvalue weighted by Crippen LogP contribution is 1.83. The summed E-state index contributed by atoms with van der Waals surface area (Å²) in [6.07, 6.45) is 0.506. The molecule has 0 aromatic rings. The summed E-state index contributed by atoms with van der Waals surface area (Å²) in [6, 6.07) is 0. The summed E-state index contributed by atoms with van der Waals surface area (Å²) in [4.78, 5) is 10.2. The van der Waals surface area contributed by atoms with Gasteiger partial charge in [-0.25, -0.2) is 0 Å². The van der Waals surface area contributed by atoms with Crippen molar-refractivity contribution in [3.05, 3.63) is 0 Å². The summed E-state index contributed by atoms with van der Waals surface area (Å²) in [5, 5.41) is 0. The number of carbonyl (C=O) groups excluding carboxylic acids is 1. The number of thiol groups is 1. The van der Waals surface area contributed by atoms with Crippen LogP contribution in [0.5, 0.6) is 0 Å². The molecule has 0 saturated heterocycles. The quantitative estimate of drug-likeness (QED) is 0.410. The van der Waals surface area contributed by atoms with Crippen molar-refractivity contribution in [1.29, 1.82) is 0 Å². The van der Waals surface area contributed by atoms with E-state index in [1.165, 1.54) is 0 Å². The Hall–Kier alpha value is 0.550. The Morgan fingerprint density at radius 3 is 2.57 bits per heavy atom. The molecule has 0 radical (unpaired) electrons. The van der Waals surface area contributed by atoms with Gasteiger partial charge in [0.1, 0.15) is 0 Å².